The monoisotopic (exact) mass is 539 g/mol. The fourth-order valence-corrected chi connectivity index (χ4v) is 5.97. The second kappa shape index (κ2) is 9.41. The lowest BCUT2D eigenvalue weighted by Gasteiger charge is -2.44. The first-order chi connectivity index (χ1) is 19.4. The van der Waals surface area contributed by atoms with Gasteiger partial charge >= 0.3 is 0 Å². The van der Waals surface area contributed by atoms with E-state index in [2.05, 4.69) is 95.9 Å². The normalized spacial score (nSPS) is 16.4. The standard InChI is InChI=1S/C36H37N5/c1-22-9-12-24(13-10-22)31-39-32(41-33(40-31)30-17-11-23(2)20-37-30)26-15-18-29(38-21-26)25-14-16-27-28(19-25)35(5,6)36(7,8)34(27,3)4/h9-21H,1-8H3. The Balaban J connectivity index is 1.40. The minimum atomic E-state index is 0.0411. The maximum atomic E-state index is 4.88. The number of hydrogen-bond donors (Lipinski definition) is 0. The van der Waals surface area contributed by atoms with Gasteiger partial charge in [-0.2, -0.15) is 0 Å². The van der Waals surface area contributed by atoms with Crippen LogP contribution in [0.2, 0.25) is 0 Å². The van der Waals surface area contributed by atoms with Crippen LogP contribution in [0.1, 0.15) is 63.8 Å². The van der Waals surface area contributed by atoms with E-state index in [9.17, 15) is 0 Å². The van der Waals surface area contributed by atoms with Gasteiger partial charge < -0.3 is 0 Å². The Bertz CT molecular complexity index is 1680. The molecule has 1 aliphatic carbocycles. The highest BCUT2D eigenvalue weighted by atomic mass is 15.0. The molecule has 1 aliphatic rings. The van der Waals surface area contributed by atoms with Crippen LogP contribution in [0.5, 0.6) is 0 Å². The van der Waals surface area contributed by atoms with Crippen LogP contribution >= 0.6 is 0 Å². The van der Waals surface area contributed by atoms with Gasteiger partial charge in [0.05, 0.1) is 5.69 Å². The molecule has 3 heterocycles. The third-order valence-corrected chi connectivity index (χ3v) is 9.89. The maximum Gasteiger partial charge on any atom is 0.182 e. The summed E-state index contributed by atoms with van der Waals surface area (Å²) in [5.41, 5.74) is 9.89. The van der Waals surface area contributed by atoms with Gasteiger partial charge in [-0.1, -0.05) is 89.6 Å². The number of rotatable bonds is 4. The Morgan fingerprint density at radius 3 is 1.63 bits per heavy atom. The van der Waals surface area contributed by atoms with Crippen molar-refractivity contribution in [2.24, 2.45) is 5.41 Å². The molecule has 0 aliphatic heterocycles. The summed E-state index contributed by atoms with van der Waals surface area (Å²) in [6.45, 7) is 18.3. The zero-order chi connectivity index (χ0) is 29.2. The summed E-state index contributed by atoms with van der Waals surface area (Å²) < 4.78 is 0. The molecular formula is C36H37N5. The molecule has 0 unspecified atom stereocenters. The van der Waals surface area contributed by atoms with E-state index in [-0.39, 0.29) is 16.2 Å². The Morgan fingerprint density at radius 1 is 0.463 bits per heavy atom. The molecule has 3 aromatic heterocycles. The van der Waals surface area contributed by atoms with E-state index in [1.807, 2.05) is 43.6 Å². The summed E-state index contributed by atoms with van der Waals surface area (Å²) in [7, 11) is 0. The van der Waals surface area contributed by atoms with Crippen LogP contribution in [0.15, 0.2) is 79.1 Å². The van der Waals surface area contributed by atoms with Crippen molar-refractivity contribution in [2.45, 2.75) is 66.2 Å². The van der Waals surface area contributed by atoms with Gasteiger partial charge in [0.2, 0.25) is 0 Å². The molecule has 0 bridgehead atoms. The summed E-state index contributed by atoms with van der Waals surface area (Å²) in [5, 5.41) is 0. The van der Waals surface area contributed by atoms with Crippen molar-refractivity contribution in [1.29, 1.82) is 0 Å². The molecule has 5 aromatic rings. The summed E-state index contributed by atoms with van der Waals surface area (Å²) in [5.74, 6) is 1.73. The highest BCUT2D eigenvalue weighted by Crippen LogP contribution is 2.61. The fraction of sp³-hybridized carbons (Fsp3) is 0.306. The van der Waals surface area contributed by atoms with E-state index in [0.717, 1.165) is 27.9 Å². The van der Waals surface area contributed by atoms with Crippen molar-refractivity contribution in [2.75, 3.05) is 0 Å². The number of benzene rings is 2. The number of aromatic nitrogens is 5. The molecule has 6 rings (SSSR count). The number of aryl methyl sites for hydroxylation is 2. The lowest BCUT2D eigenvalue weighted by molar-refractivity contribution is 0.125. The quantitative estimate of drug-likeness (QED) is 0.229. The minimum Gasteiger partial charge on any atom is -0.255 e. The van der Waals surface area contributed by atoms with Crippen molar-refractivity contribution in [3.63, 3.8) is 0 Å². The van der Waals surface area contributed by atoms with E-state index in [4.69, 9.17) is 19.9 Å². The van der Waals surface area contributed by atoms with Crippen molar-refractivity contribution in [3.05, 3.63) is 101 Å². The molecule has 5 nitrogen and oxygen atoms in total. The largest absolute Gasteiger partial charge is 0.255 e. The van der Waals surface area contributed by atoms with E-state index in [1.165, 1.54) is 16.7 Å². The topological polar surface area (TPSA) is 64.5 Å². The number of hydrogen-bond acceptors (Lipinski definition) is 5. The summed E-state index contributed by atoms with van der Waals surface area (Å²) in [4.78, 5) is 23.9. The molecule has 5 heteroatoms. The maximum absolute atomic E-state index is 4.88. The van der Waals surface area contributed by atoms with E-state index >= 15 is 0 Å². The van der Waals surface area contributed by atoms with E-state index < -0.39 is 0 Å². The highest BCUT2D eigenvalue weighted by Gasteiger charge is 2.56. The molecule has 0 N–H and O–H groups in total. The summed E-state index contributed by atoms with van der Waals surface area (Å²) in [6, 6.07) is 23.2. The van der Waals surface area contributed by atoms with Crippen LogP contribution in [0.4, 0.5) is 0 Å². The van der Waals surface area contributed by atoms with Crippen LogP contribution in [0.3, 0.4) is 0 Å². The summed E-state index contributed by atoms with van der Waals surface area (Å²) >= 11 is 0. The third kappa shape index (κ3) is 4.35. The highest BCUT2D eigenvalue weighted by molar-refractivity contribution is 5.69. The molecule has 0 fully saturated rings. The Morgan fingerprint density at radius 2 is 1.00 bits per heavy atom. The third-order valence-electron chi connectivity index (χ3n) is 9.89. The molecule has 2 aromatic carbocycles. The van der Waals surface area contributed by atoms with Gasteiger partial charge in [0, 0.05) is 29.1 Å². The second-order valence-corrected chi connectivity index (χ2v) is 13.0. The zero-order valence-electron chi connectivity index (χ0n) is 25.2. The molecule has 0 atom stereocenters. The molecule has 0 saturated heterocycles. The lowest BCUT2D eigenvalue weighted by Crippen LogP contribution is -2.42. The zero-order valence-corrected chi connectivity index (χ0v) is 25.2. The summed E-state index contributed by atoms with van der Waals surface area (Å²) in [6.07, 6.45) is 3.70. The lowest BCUT2D eigenvalue weighted by atomic mass is 9.59. The van der Waals surface area contributed by atoms with Gasteiger partial charge in [-0.25, -0.2) is 15.0 Å². The Kier molecular flexibility index (Phi) is 6.18. The van der Waals surface area contributed by atoms with Gasteiger partial charge in [0.1, 0.15) is 5.69 Å². The first-order valence-corrected chi connectivity index (χ1v) is 14.3. The van der Waals surface area contributed by atoms with Crippen LogP contribution in [0.25, 0.3) is 45.6 Å². The van der Waals surface area contributed by atoms with Crippen LogP contribution in [-0.2, 0) is 10.8 Å². The van der Waals surface area contributed by atoms with Crippen molar-refractivity contribution < 1.29 is 0 Å². The molecule has 206 valence electrons. The van der Waals surface area contributed by atoms with Crippen molar-refractivity contribution in [3.8, 4) is 45.6 Å². The van der Waals surface area contributed by atoms with Crippen molar-refractivity contribution in [1.82, 2.24) is 24.9 Å². The Hall–Kier alpha value is -4.25. The van der Waals surface area contributed by atoms with Gasteiger partial charge in [-0.05, 0) is 71.0 Å². The second-order valence-electron chi connectivity index (χ2n) is 13.0. The number of pyridine rings is 2. The van der Waals surface area contributed by atoms with Gasteiger partial charge in [0.15, 0.2) is 17.5 Å². The smallest absolute Gasteiger partial charge is 0.182 e. The van der Waals surface area contributed by atoms with Gasteiger partial charge in [-0.15, -0.1) is 0 Å². The van der Waals surface area contributed by atoms with Crippen LogP contribution in [-0.4, -0.2) is 24.9 Å². The van der Waals surface area contributed by atoms with Crippen LogP contribution < -0.4 is 0 Å². The number of fused-ring (bicyclic) bond motifs is 1. The molecule has 0 saturated carbocycles. The van der Waals surface area contributed by atoms with Crippen molar-refractivity contribution >= 4 is 0 Å². The molecule has 0 spiro atoms. The molecule has 0 amide bonds. The van der Waals surface area contributed by atoms with Gasteiger partial charge in [-0.3, -0.25) is 9.97 Å². The Labute approximate surface area is 243 Å². The molecule has 0 radical (unpaired) electrons. The average molecular weight is 540 g/mol. The average Bonchev–Trinajstić information content (AvgIpc) is 3.07. The van der Waals surface area contributed by atoms with Gasteiger partial charge in [0.25, 0.3) is 0 Å². The first-order valence-electron chi connectivity index (χ1n) is 14.3. The molecule has 41 heavy (non-hydrogen) atoms. The SMILES string of the molecule is Cc1ccc(-c2nc(-c3ccc(-c4ccc5c(c4)C(C)(C)C(C)(C)C5(C)C)nc3)nc(-c3ccc(C)cn3)n2)cc1. The number of nitrogens with zero attached hydrogens (tertiary/aromatic N) is 5. The van der Waals surface area contributed by atoms with E-state index in [0.29, 0.717) is 23.2 Å². The first kappa shape index (κ1) is 26.9. The predicted molar refractivity (Wildman–Crippen MR) is 166 cm³/mol. The fourth-order valence-electron chi connectivity index (χ4n) is 5.97. The minimum absolute atomic E-state index is 0.0411. The van der Waals surface area contributed by atoms with E-state index in [1.54, 1.807) is 0 Å². The predicted octanol–water partition coefficient (Wildman–Crippen LogP) is 8.54. The molecular weight excluding hydrogens is 502 g/mol. The van der Waals surface area contributed by atoms with Crippen LogP contribution in [0, 0.1) is 19.3 Å².